The van der Waals surface area contributed by atoms with Crippen molar-refractivity contribution in [2.75, 3.05) is 0 Å². The smallest absolute Gasteiger partial charge is 0.151 e. The molecule has 7 heteroatoms. The van der Waals surface area contributed by atoms with Crippen LogP contribution in [-0.4, -0.2) is 17.3 Å². The first-order valence-corrected chi connectivity index (χ1v) is 5.96. The Hall–Kier alpha value is -1.68. The summed E-state index contributed by atoms with van der Waals surface area (Å²) in [6, 6.07) is 0. The first-order valence-electron chi connectivity index (χ1n) is 5.96. The zero-order valence-corrected chi connectivity index (χ0v) is 15.8. The Balaban J connectivity index is -0.000000108. The molecule has 0 aromatic carbocycles. The summed E-state index contributed by atoms with van der Waals surface area (Å²) in [4.78, 5) is 29.9. The molecule has 0 radical (unpaired) electrons. The van der Waals surface area contributed by atoms with Crippen molar-refractivity contribution in [1.29, 1.82) is 0 Å². The van der Waals surface area contributed by atoms with Crippen LogP contribution < -0.4 is 15.3 Å². The molecule has 22 heavy (non-hydrogen) atoms. The van der Waals surface area contributed by atoms with Crippen molar-refractivity contribution in [3.63, 3.8) is 0 Å². The van der Waals surface area contributed by atoms with Gasteiger partial charge < -0.3 is 15.3 Å². The average molecular weight is 492 g/mol. The van der Waals surface area contributed by atoms with Crippen molar-refractivity contribution in [3.05, 3.63) is 35.5 Å². The molecule has 0 unspecified atom stereocenters. The van der Waals surface area contributed by atoms with Crippen molar-refractivity contribution < 1.29 is 50.8 Å². The molecule has 0 aromatic rings. The number of carbonyl (C=O) groups is 3. The number of rotatable bonds is 3. The van der Waals surface area contributed by atoms with Crippen LogP contribution in [0.2, 0.25) is 0 Å². The standard InChI is InChI=1S/3C5H8O2.Pt/c3*1-4(6)3-5(2)7;/h3*3,6H,1-2H3;/p-3/b3*4-3-;. The summed E-state index contributed by atoms with van der Waals surface area (Å²) >= 11 is 0. The van der Waals surface area contributed by atoms with Crippen molar-refractivity contribution >= 4 is 17.3 Å². The molecule has 0 saturated carbocycles. The van der Waals surface area contributed by atoms with Crippen molar-refractivity contribution in [3.8, 4) is 0 Å². The summed E-state index contributed by atoms with van der Waals surface area (Å²) in [5.74, 6) is -1.12. The van der Waals surface area contributed by atoms with Gasteiger partial charge in [-0.3, -0.25) is 14.4 Å². The number of allylic oxidation sites excluding steroid dienone is 6. The molecule has 0 N–H and O–H groups in total. The third-order valence-corrected chi connectivity index (χ3v) is 1.22. The van der Waals surface area contributed by atoms with E-state index in [0.29, 0.717) is 0 Å². The fourth-order valence-corrected chi connectivity index (χ4v) is 0.859. The quantitative estimate of drug-likeness (QED) is 0.388. The van der Waals surface area contributed by atoms with Gasteiger partial charge in [-0.1, -0.05) is 20.8 Å². The van der Waals surface area contributed by atoms with Gasteiger partial charge in [0.2, 0.25) is 0 Å². The second-order valence-electron chi connectivity index (χ2n) is 4.10. The molecule has 130 valence electrons. The Morgan fingerprint density at radius 3 is 0.682 bits per heavy atom. The minimum atomic E-state index is -0.187. The number of ketones is 3. The van der Waals surface area contributed by atoms with E-state index >= 15 is 0 Å². The first-order chi connectivity index (χ1) is 9.38. The zero-order valence-electron chi connectivity index (χ0n) is 13.5. The Kier molecular flexibility index (Phi) is 22.5. The Labute approximate surface area is 145 Å². The average Bonchev–Trinajstić information content (AvgIpc) is 2.10. The summed E-state index contributed by atoms with van der Waals surface area (Å²) in [6.07, 6.45) is 3.17. The molecule has 0 spiro atoms. The van der Waals surface area contributed by atoms with E-state index in [2.05, 4.69) is 0 Å². The molecule has 0 aliphatic carbocycles. The summed E-state index contributed by atoms with van der Waals surface area (Å²) < 4.78 is 0. The molecule has 0 amide bonds. The fourth-order valence-electron chi connectivity index (χ4n) is 0.859. The number of hydrogen-bond donors (Lipinski definition) is 0. The zero-order chi connectivity index (χ0) is 17.6. The predicted molar refractivity (Wildman–Crippen MR) is 73.3 cm³/mol. The van der Waals surface area contributed by atoms with Crippen LogP contribution in [0.3, 0.4) is 0 Å². The minimum Gasteiger partial charge on any atom is -0.876 e. The van der Waals surface area contributed by atoms with Crippen molar-refractivity contribution in [2.24, 2.45) is 0 Å². The summed E-state index contributed by atoms with van der Waals surface area (Å²) in [7, 11) is 0. The van der Waals surface area contributed by atoms with E-state index in [1.165, 1.54) is 41.5 Å². The Bertz CT molecular complexity index is 368. The van der Waals surface area contributed by atoms with Gasteiger partial charge in [0.1, 0.15) is 0 Å². The van der Waals surface area contributed by atoms with Crippen LogP contribution in [-0.2, 0) is 35.4 Å². The predicted octanol–water partition coefficient (Wildman–Crippen LogP) is -0.484. The van der Waals surface area contributed by atoms with E-state index in [4.69, 9.17) is 0 Å². The molecular weight excluding hydrogens is 471 g/mol. The molecule has 0 bridgehead atoms. The van der Waals surface area contributed by atoms with Crippen LogP contribution in [0, 0.1) is 0 Å². The third-order valence-electron chi connectivity index (χ3n) is 1.22. The fraction of sp³-hybridized carbons (Fsp3) is 0.400. The SMILES string of the molecule is CC(=O)/C=C(/C)[O-].CC(=O)/C=C(/C)[O-].CC(=O)/C=C(/C)[O-].[Pt]. The largest absolute Gasteiger partial charge is 0.876 e. The van der Waals surface area contributed by atoms with E-state index in [9.17, 15) is 29.7 Å². The van der Waals surface area contributed by atoms with Gasteiger partial charge in [0.05, 0.1) is 0 Å². The van der Waals surface area contributed by atoms with Crippen LogP contribution in [0.1, 0.15) is 41.5 Å². The van der Waals surface area contributed by atoms with Crippen LogP contribution >= 0.6 is 0 Å². The topological polar surface area (TPSA) is 120 Å². The summed E-state index contributed by atoms with van der Waals surface area (Å²) in [5.41, 5.74) is 0. The molecule has 0 heterocycles. The second-order valence-corrected chi connectivity index (χ2v) is 4.10. The minimum absolute atomic E-state index is 0. The van der Waals surface area contributed by atoms with Crippen LogP contribution in [0.15, 0.2) is 35.5 Å². The maximum Gasteiger partial charge on any atom is 0.151 e. The van der Waals surface area contributed by atoms with Crippen LogP contribution in [0.25, 0.3) is 0 Å². The molecule has 0 atom stereocenters. The second kappa shape index (κ2) is 17.4. The maximum atomic E-state index is 9.98. The van der Waals surface area contributed by atoms with Gasteiger partial charge in [0.15, 0.2) is 17.3 Å². The summed E-state index contributed by atoms with van der Waals surface area (Å²) in [5, 5.41) is 29.9. The van der Waals surface area contributed by atoms with Gasteiger partial charge >= 0.3 is 0 Å². The third kappa shape index (κ3) is 51.6. The van der Waals surface area contributed by atoms with Gasteiger partial charge in [0, 0.05) is 21.1 Å². The normalized spacial score (nSPS) is 10.9. The Morgan fingerprint density at radius 2 is 0.682 bits per heavy atom. The van der Waals surface area contributed by atoms with Gasteiger partial charge in [-0.05, 0) is 39.0 Å². The monoisotopic (exact) mass is 492 g/mol. The molecule has 0 aliphatic rings. The van der Waals surface area contributed by atoms with E-state index in [1.54, 1.807) is 0 Å². The first kappa shape index (κ1) is 28.5. The van der Waals surface area contributed by atoms with Crippen molar-refractivity contribution in [2.45, 2.75) is 41.5 Å². The molecule has 0 aliphatic heterocycles. The summed E-state index contributed by atoms with van der Waals surface area (Å²) in [6.45, 7) is 8.09. The van der Waals surface area contributed by atoms with Gasteiger partial charge in [0.25, 0.3) is 0 Å². The molecule has 0 fully saturated rings. The van der Waals surface area contributed by atoms with E-state index in [-0.39, 0.29) is 55.7 Å². The van der Waals surface area contributed by atoms with Crippen molar-refractivity contribution in [1.82, 2.24) is 0 Å². The van der Waals surface area contributed by atoms with Crippen LogP contribution in [0.5, 0.6) is 0 Å². The molecule has 6 nitrogen and oxygen atoms in total. The van der Waals surface area contributed by atoms with Gasteiger partial charge in [-0.25, -0.2) is 0 Å². The van der Waals surface area contributed by atoms with E-state index in [0.717, 1.165) is 18.2 Å². The van der Waals surface area contributed by atoms with Gasteiger partial charge in [-0.15, -0.1) is 17.3 Å². The molecular formula is C15H21O6Pt-3. The molecule has 0 saturated heterocycles. The Morgan fingerprint density at radius 1 is 0.545 bits per heavy atom. The molecule has 0 aromatic heterocycles. The van der Waals surface area contributed by atoms with Crippen LogP contribution in [0.4, 0.5) is 0 Å². The number of hydrogen-bond acceptors (Lipinski definition) is 6. The van der Waals surface area contributed by atoms with E-state index < -0.39 is 0 Å². The van der Waals surface area contributed by atoms with Gasteiger partial charge in [-0.2, -0.15) is 0 Å². The number of carbonyl (C=O) groups excluding carboxylic acids is 3. The molecule has 0 rings (SSSR count). The van der Waals surface area contributed by atoms with E-state index in [1.807, 2.05) is 0 Å². The maximum absolute atomic E-state index is 9.98.